The van der Waals surface area contributed by atoms with Crippen molar-refractivity contribution in [1.82, 2.24) is 0 Å². The van der Waals surface area contributed by atoms with Crippen LogP contribution in [0.25, 0.3) is 0 Å². The Balaban J connectivity index is 0.00000144. The molecule has 0 aliphatic heterocycles. The second-order valence-corrected chi connectivity index (χ2v) is 2.89. The summed E-state index contributed by atoms with van der Waals surface area (Å²) < 4.78 is 0. The van der Waals surface area contributed by atoms with Gasteiger partial charge in [-0.05, 0) is 36.1 Å². The van der Waals surface area contributed by atoms with Gasteiger partial charge in [0.15, 0.2) is 0 Å². The third kappa shape index (κ3) is 2.52. The molecule has 0 aromatic heterocycles. The summed E-state index contributed by atoms with van der Waals surface area (Å²) in [6, 6.07) is 3.66. The van der Waals surface area contributed by atoms with Crippen LogP contribution in [0.4, 0.5) is 5.69 Å². The van der Waals surface area contributed by atoms with E-state index in [-0.39, 0.29) is 12.4 Å². The van der Waals surface area contributed by atoms with Crippen LogP contribution >= 0.6 is 12.4 Å². The molecule has 0 aliphatic carbocycles. The molecule has 0 saturated carbocycles. The number of nitrogens with two attached hydrogens (primary N) is 1. The lowest BCUT2D eigenvalue weighted by Crippen LogP contribution is -1.93. The van der Waals surface area contributed by atoms with Crippen LogP contribution in [0.2, 0.25) is 0 Å². The fraction of sp³-hybridized carbons (Fsp3) is 0.400. The molecule has 1 rings (SSSR count). The van der Waals surface area contributed by atoms with Gasteiger partial charge >= 0.3 is 0 Å². The second-order valence-electron chi connectivity index (χ2n) is 2.89. The molecule has 0 bridgehead atoms. The lowest BCUT2D eigenvalue weighted by molar-refractivity contribution is 0.462. The van der Waals surface area contributed by atoms with Crippen LogP contribution in [-0.2, 0) is 12.8 Å². The SMILES string of the molecule is CCc1cc(N)cc(CC)c1O.Cl. The van der Waals surface area contributed by atoms with Crippen molar-refractivity contribution in [1.29, 1.82) is 0 Å². The van der Waals surface area contributed by atoms with Crippen LogP contribution in [0.5, 0.6) is 5.75 Å². The molecule has 13 heavy (non-hydrogen) atoms. The lowest BCUT2D eigenvalue weighted by atomic mass is 10.0. The number of phenolic OH excluding ortho intramolecular Hbond substituents is 1. The molecular formula is C10H16ClNO. The Hall–Kier alpha value is -0.890. The first kappa shape index (κ1) is 12.1. The first-order valence-corrected chi connectivity index (χ1v) is 4.29. The van der Waals surface area contributed by atoms with E-state index in [1.165, 1.54) is 0 Å². The molecule has 2 nitrogen and oxygen atoms in total. The summed E-state index contributed by atoms with van der Waals surface area (Å²) in [6.45, 7) is 4.02. The summed E-state index contributed by atoms with van der Waals surface area (Å²) in [5.74, 6) is 0.411. The Bertz CT molecular complexity index is 261. The summed E-state index contributed by atoms with van der Waals surface area (Å²) in [5.41, 5.74) is 8.28. The molecule has 0 amide bonds. The van der Waals surface area contributed by atoms with Crippen LogP contribution in [0, 0.1) is 0 Å². The van der Waals surface area contributed by atoms with Crippen LogP contribution in [0.15, 0.2) is 12.1 Å². The minimum absolute atomic E-state index is 0. The normalized spacial score (nSPS) is 9.38. The van der Waals surface area contributed by atoms with E-state index in [4.69, 9.17) is 5.73 Å². The molecule has 74 valence electrons. The molecular weight excluding hydrogens is 186 g/mol. The molecule has 1 aromatic rings. The van der Waals surface area contributed by atoms with Crippen LogP contribution in [-0.4, -0.2) is 5.11 Å². The van der Waals surface area contributed by atoms with Gasteiger partial charge in [-0.15, -0.1) is 12.4 Å². The van der Waals surface area contributed by atoms with Gasteiger partial charge in [0.25, 0.3) is 0 Å². The number of anilines is 1. The van der Waals surface area contributed by atoms with Gasteiger partial charge in [0.1, 0.15) is 5.75 Å². The molecule has 0 spiro atoms. The average Bonchev–Trinajstić information content (AvgIpc) is 2.08. The quantitative estimate of drug-likeness (QED) is 0.571. The van der Waals surface area contributed by atoms with Crippen molar-refractivity contribution < 1.29 is 5.11 Å². The number of aryl methyl sites for hydroxylation is 2. The molecule has 0 heterocycles. The molecule has 0 atom stereocenters. The van der Waals surface area contributed by atoms with E-state index in [1.807, 2.05) is 26.0 Å². The van der Waals surface area contributed by atoms with Crippen LogP contribution in [0.1, 0.15) is 25.0 Å². The highest BCUT2D eigenvalue weighted by Crippen LogP contribution is 2.26. The van der Waals surface area contributed by atoms with Crippen molar-refractivity contribution in [2.24, 2.45) is 0 Å². The summed E-state index contributed by atoms with van der Waals surface area (Å²) in [6.07, 6.45) is 1.65. The van der Waals surface area contributed by atoms with Gasteiger partial charge in [-0.3, -0.25) is 0 Å². The highest BCUT2D eigenvalue weighted by molar-refractivity contribution is 5.85. The Morgan fingerprint density at radius 1 is 1.15 bits per heavy atom. The highest BCUT2D eigenvalue weighted by Gasteiger charge is 2.05. The number of aromatic hydroxyl groups is 1. The summed E-state index contributed by atoms with van der Waals surface area (Å²) >= 11 is 0. The predicted molar refractivity (Wildman–Crippen MR) is 58.5 cm³/mol. The lowest BCUT2D eigenvalue weighted by Gasteiger charge is -2.07. The fourth-order valence-corrected chi connectivity index (χ4v) is 1.33. The number of halogens is 1. The van der Waals surface area contributed by atoms with Gasteiger partial charge in [-0.25, -0.2) is 0 Å². The number of hydrogen-bond donors (Lipinski definition) is 2. The van der Waals surface area contributed by atoms with Crippen molar-refractivity contribution in [3.8, 4) is 5.75 Å². The Morgan fingerprint density at radius 2 is 1.54 bits per heavy atom. The smallest absolute Gasteiger partial charge is 0.122 e. The Kier molecular flexibility index (Phi) is 4.63. The van der Waals surface area contributed by atoms with E-state index < -0.39 is 0 Å². The van der Waals surface area contributed by atoms with Crippen LogP contribution in [0.3, 0.4) is 0 Å². The predicted octanol–water partition coefficient (Wildman–Crippen LogP) is 2.52. The van der Waals surface area contributed by atoms with E-state index in [0.29, 0.717) is 5.75 Å². The summed E-state index contributed by atoms with van der Waals surface area (Å²) in [7, 11) is 0. The number of hydrogen-bond acceptors (Lipinski definition) is 2. The third-order valence-electron chi connectivity index (χ3n) is 2.05. The third-order valence-corrected chi connectivity index (χ3v) is 2.05. The van der Waals surface area contributed by atoms with E-state index in [0.717, 1.165) is 29.7 Å². The standard InChI is InChI=1S/C10H15NO.ClH/c1-3-7-5-9(11)6-8(4-2)10(7)12;/h5-6,12H,3-4,11H2,1-2H3;1H. The minimum Gasteiger partial charge on any atom is -0.507 e. The van der Waals surface area contributed by atoms with E-state index in [1.54, 1.807) is 0 Å². The van der Waals surface area contributed by atoms with Crippen LogP contribution < -0.4 is 5.73 Å². The monoisotopic (exact) mass is 201 g/mol. The maximum atomic E-state index is 9.66. The van der Waals surface area contributed by atoms with Gasteiger partial charge < -0.3 is 10.8 Å². The molecule has 0 unspecified atom stereocenters. The fourth-order valence-electron chi connectivity index (χ4n) is 1.33. The second kappa shape index (κ2) is 4.97. The maximum Gasteiger partial charge on any atom is 0.122 e. The molecule has 0 saturated heterocycles. The zero-order chi connectivity index (χ0) is 9.14. The van der Waals surface area contributed by atoms with Crippen molar-refractivity contribution >= 4 is 18.1 Å². The van der Waals surface area contributed by atoms with Gasteiger partial charge in [0, 0.05) is 5.69 Å². The van der Waals surface area contributed by atoms with Gasteiger partial charge in [-0.1, -0.05) is 13.8 Å². The van der Waals surface area contributed by atoms with E-state index in [9.17, 15) is 5.11 Å². The number of nitrogen functional groups attached to an aromatic ring is 1. The minimum atomic E-state index is 0. The number of phenols is 1. The molecule has 0 aliphatic rings. The van der Waals surface area contributed by atoms with Crippen molar-refractivity contribution in [3.05, 3.63) is 23.3 Å². The van der Waals surface area contributed by atoms with Gasteiger partial charge in [-0.2, -0.15) is 0 Å². The largest absolute Gasteiger partial charge is 0.507 e. The zero-order valence-corrected chi connectivity index (χ0v) is 8.82. The van der Waals surface area contributed by atoms with E-state index >= 15 is 0 Å². The Labute approximate surface area is 85.2 Å². The zero-order valence-electron chi connectivity index (χ0n) is 8.00. The van der Waals surface area contributed by atoms with Crippen molar-refractivity contribution in [2.75, 3.05) is 5.73 Å². The van der Waals surface area contributed by atoms with E-state index in [2.05, 4.69) is 0 Å². The molecule has 0 radical (unpaired) electrons. The van der Waals surface area contributed by atoms with Crippen molar-refractivity contribution in [2.45, 2.75) is 26.7 Å². The molecule has 3 heteroatoms. The maximum absolute atomic E-state index is 9.66. The highest BCUT2D eigenvalue weighted by atomic mass is 35.5. The topological polar surface area (TPSA) is 46.2 Å². The first-order chi connectivity index (χ1) is 5.69. The summed E-state index contributed by atoms with van der Waals surface area (Å²) in [4.78, 5) is 0. The Morgan fingerprint density at radius 3 is 1.85 bits per heavy atom. The average molecular weight is 202 g/mol. The molecule has 0 fully saturated rings. The molecule has 1 aromatic carbocycles. The molecule has 3 N–H and O–H groups in total. The first-order valence-electron chi connectivity index (χ1n) is 4.29. The van der Waals surface area contributed by atoms with Gasteiger partial charge in [0.2, 0.25) is 0 Å². The van der Waals surface area contributed by atoms with Gasteiger partial charge in [0.05, 0.1) is 0 Å². The number of rotatable bonds is 2. The summed E-state index contributed by atoms with van der Waals surface area (Å²) in [5, 5.41) is 9.66. The van der Waals surface area contributed by atoms with Crippen molar-refractivity contribution in [3.63, 3.8) is 0 Å². The number of benzene rings is 1.